The van der Waals surface area contributed by atoms with E-state index in [1.807, 2.05) is 10.7 Å². The molecule has 0 amide bonds. The van der Waals surface area contributed by atoms with Crippen LogP contribution < -0.4 is 10.2 Å². The molecule has 3 aromatic heterocycles. The molecule has 12 heteroatoms. The van der Waals surface area contributed by atoms with Gasteiger partial charge in [0.15, 0.2) is 11.5 Å². The van der Waals surface area contributed by atoms with Gasteiger partial charge in [-0.25, -0.2) is 17.7 Å². The lowest BCUT2D eigenvalue weighted by Gasteiger charge is -2.35. The van der Waals surface area contributed by atoms with Crippen molar-refractivity contribution in [3.05, 3.63) is 18.6 Å². The maximum absolute atomic E-state index is 11.8. The fourth-order valence-electron chi connectivity index (χ4n) is 4.67. The third-order valence-corrected chi connectivity index (χ3v) is 7.76. The van der Waals surface area contributed by atoms with Gasteiger partial charge in [0, 0.05) is 43.5 Å². The molecule has 0 aromatic carbocycles. The molecule has 11 nitrogen and oxygen atoms in total. The first-order valence-corrected chi connectivity index (χ1v) is 13.0. The first-order valence-electron chi connectivity index (χ1n) is 11.1. The van der Waals surface area contributed by atoms with Gasteiger partial charge in [0.05, 0.1) is 18.6 Å². The molecular formula is C20H29N9O2S. The summed E-state index contributed by atoms with van der Waals surface area (Å²) in [4.78, 5) is 11.8. The molecule has 5 rings (SSSR count). The van der Waals surface area contributed by atoms with Gasteiger partial charge in [0.25, 0.3) is 0 Å². The monoisotopic (exact) mass is 459 g/mol. The van der Waals surface area contributed by atoms with Crippen molar-refractivity contribution < 1.29 is 8.42 Å². The van der Waals surface area contributed by atoms with Gasteiger partial charge in [0.1, 0.15) is 5.69 Å². The average molecular weight is 460 g/mol. The Kier molecular flexibility index (Phi) is 5.49. The molecule has 172 valence electrons. The van der Waals surface area contributed by atoms with Crippen LogP contribution in [-0.4, -0.2) is 80.5 Å². The molecule has 2 saturated heterocycles. The maximum atomic E-state index is 11.8. The van der Waals surface area contributed by atoms with Gasteiger partial charge in [-0.15, -0.1) is 5.10 Å². The van der Waals surface area contributed by atoms with Gasteiger partial charge >= 0.3 is 0 Å². The molecule has 2 aliphatic rings. The lowest BCUT2D eigenvalue weighted by atomic mass is 10.0. The minimum atomic E-state index is -3.14. The summed E-state index contributed by atoms with van der Waals surface area (Å²) in [6.45, 7) is 4.20. The topological polar surface area (TPSA) is 124 Å². The molecule has 2 fully saturated rings. The van der Waals surface area contributed by atoms with E-state index in [9.17, 15) is 8.42 Å². The van der Waals surface area contributed by atoms with Gasteiger partial charge in [-0.2, -0.15) is 14.6 Å². The Balaban J connectivity index is 1.46. The van der Waals surface area contributed by atoms with Crippen LogP contribution in [0.4, 0.5) is 11.8 Å². The Hall–Kier alpha value is -2.73. The lowest BCUT2D eigenvalue weighted by Crippen LogP contribution is -2.42. The molecule has 2 N–H and O–H groups in total. The SMILES string of the molecule is CC1CCCCN1c1c(-c2cn[nH]c2)ncc2nc(NC3CCN(S(C)(=O)=O)CC3)nn12. The van der Waals surface area contributed by atoms with Gasteiger partial charge in [-0.3, -0.25) is 5.10 Å². The average Bonchev–Trinajstić information content (AvgIpc) is 3.43. The predicted octanol–water partition coefficient (Wildman–Crippen LogP) is 1.73. The van der Waals surface area contributed by atoms with Crippen LogP contribution in [0.3, 0.4) is 0 Å². The van der Waals surface area contributed by atoms with Crippen molar-refractivity contribution in [1.82, 2.24) is 34.1 Å². The predicted molar refractivity (Wildman–Crippen MR) is 122 cm³/mol. The number of anilines is 2. The van der Waals surface area contributed by atoms with E-state index in [4.69, 9.17) is 10.1 Å². The second-order valence-electron chi connectivity index (χ2n) is 8.74. The van der Waals surface area contributed by atoms with Crippen molar-refractivity contribution in [3.8, 4) is 11.3 Å². The van der Waals surface area contributed by atoms with E-state index in [1.54, 1.807) is 12.4 Å². The highest BCUT2D eigenvalue weighted by Crippen LogP contribution is 2.33. The number of piperidine rings is 2. The van der Waals surface area contributed by atoms with Crippen LogP contribution >= 0.6 is 0 Å². The highest BCUT2D eigenvalue weighted by molar-refractivity contribution is 7.88. The molecule has 0 aliphatic carbocycles. The van der Waals surface area contributed by atoms with Crippen molar-refractivity contribution in [1.29, 1.82) is 0 Å². The second kappa shape index (κ2) is 8.32. The summed E-state index contributed by atoms with van der Waals surface area (Å²) in [6.07, 6.45) is 11.5. The molecule has 32 heavy (non-hydrogen) atoms. The van der Waals surface area contributed by atoms with Crippen molar-refractivity contribution in [3.63, 3.8) is 0 Å². The van der Waals surface area contributed by atoms with Crippen LogP contribution in [0.15, 0.2) is 18.6 Å². The van der Waals surface area contributed by atoms with E-state index >= 15 is 0 Å². The fraction of sp³-hybridized carbons (Fsp3) is 0.600. The summed E-state index contributed by atoms with van der Waals surface area (Å²) in [5, 5.41) is 15.2. The van der Waals surface area contributed by atoms with E-state index in [-0.39, 0.29) is 6.04 Å². The molecule has 0 spiro atoms. The van der Waals surface area contributed by atoms with E-state index in [1.165, 1.54) is 17.0 Å². The number of hydrogen-bond donors (Lipinski definition) is 2. The maximum Gasteiger partial charge on any atom is 0.243 e. The number of sulfonamides is 1. The van der Waals surface area contributed by atoms with Crippen LogP contribution in [-0.2, 0) is 10.0 Å². The van der Waals surface area contributed by atoms with Crippen LogP contribution in [0.25, 0.3) is 16.9 Å². The van der Waals surface area contributed by atoms with E-state index < -0.39 is 10.0 Å². The molecule has 2 aliphatic heterocycles. The van der Waals surface area contributed by atoms with Gasteiger partial charge in [-0.1, -0.05) is 0 Å². The third kappa shape index (κ3) is 4.04. The van der Waals surface area contributed by atoms with Gasteiger partial charge in [0.2, 0.25) is 16.0 Å². The van der Waals surface area contributed by atoms with E-state index in [0.717, 1.165) is 49.3 Å². The number of rotatable bonds is 5. The third-order valence-electron chi connectivity index (χ3n) is 6.46. The largest absolute Gasteiger partial charge is 0.352 e. The fourth-order valence-corrected chi connectivity index (χ4v) is 5.55. The van der Waals surface area contributed by atoms with Crippen molar-refractivity contribution >= 4 is 27.4 Å². The normalized spacial score (nSPS) is 21.3. The summed E-state index contributed by atoms with van der Waals surface area (Å²) in [6, 6.07) is 0.506. The standard InChI is InChI=1S/C20H29N9O2S/c1-14-5-3-4-8-28(14)19-18(15-11-22-23-12-15)21-13-17-25-20(26-29(17)19)24-16-6-9-27(10-7-16)32(2,30)31/h11-14,16H,3-10H2,1-2H3,(H,22,23)(H,24,26). The summed E-state index contributed by atoms with van der Waals surface area (Å²) in [5.41, 5.74) is 2.43. The van der Waals surface area contributed by atoms with Crippen LogP contribution in [0.2, 0.25) is 0 Å². The lowest BCUT2D eigenvalue weighted by molar-refractivity contribution is 0.331. The molecule has 3 aromatic rings. The Labute approximate surface area is 187 Å². The number of aromatic amines is 1. The van der Waals surface area contributed by atoms with Gasteiger partial charge in [-0.05, 0) is 39.0 Å². The highest BCUT2D eigenvalue weighted by atomic mass is 32.2. The smallest absolute Gasteiger partial charge is 0.243 e. The van der Waals surface area contributed by atoms with Crippen molar-refractivity contribution in [2.24, 2.45) is 0 Å². The van der Waals surface area contributed by atoms with Crippen LogP contribution in [0.1, 0.15) is 39.0 Å². The molecule has 5 heterocycles. The Morgan fingerprint density at radius 3 is 2.62 bits per heavy atom. The number of hydrogen-bond acceptors (Lipinski definition) is 8. The molecule has 1 atom stereocenters. The number of nitrogens with one attached hydrogen (secondary N) is 2. The minimum Gasteiger partial charge on any atom is -0.352 e. The molecule has 1 unspecified atom stereocenters. The number of fused-ring (bicyclic) bond motifs is 1. The van der Waals surface area contributed by atoms with Gasteiger partial charge < -0.3 is 10.2 Å². The second-order valence-corrected chi connectivity index (χ2v) is 10.7. The Morgan fingerprint density at radius 2 is 1.94 bits per heavy atom. The highest BCUT2D eigenvalue weighted by Gasteiger charge is 2.28. The van der Waals surface area contributed by atoms with Crippen molar-refractivity contribution in [2.75, 3.05) is 36.1 Å². The van der Waals surface area contributed by atoms with Crippen molar-refractivity contribution in [2.45, 2.75) is 51.1 Å². The number of aromatic nitrogens is 6. The first kappa shape index (κ1) is 21.1. The zero-order valence-corrected chi connectivity index (χ0v) is 19.2. The number of nitrogens with zero attached hydrogens (tertiary/aromatic N) is 7. The van der Waals surface area contributed by atoms with Crippen LogP contribution in [0, 0.1) is 0 Å². The quantitative estimate of drug-likeness (QED) is 0.591. The Bertz CT molecular complexity index is 1180. The van der Waals surface area contributed by atoms with Crippen LogP contribution in [0.5, 0.6) is 0 Å². The number of H-pyrrole nitrogens is 1. The van der Waals surface area contributed by atoms with E-state index in [2.05, 4.69) is 32.3 Å². The molecule has 0 saturated carbocycles. The zero-order chi connectivity index (χ0) is 22.3. The summed E-state index contributed by atoms with van der Waals surface area (Å²) in [5.74, 6) is 1.48. The van der Waals surface area contributed by atoms with E-state index in [0.29, 0.717) is 30.7 Å². The summed E-state index contributed by atoms with van der Waals surface area (Å²) < 4.78 is 27.0. The summed E-state index contributed by atoms with van der Waals surface area (Å²) in [7, 11) is -3.14. The summed E-state index contributed by atoms with van der Waals surface area (Å²) >= 11 is 0. The first-order chi connectivity index (χ1) is 15.4. The molecular weight excluding hydrogens is 430 g/mol. The molecule has 0 bridgehead atoms. The molecule has 0 radical (unpaired) electrons. The Morgan fingerprint density at radius 1 is 1.12 bits per heavy atom. The minimum absolute atomic E-state index is 0.129. The zero-order valence-electron chi connectivity index (χ0n) is 18.4.